The number of rotatable bonds is 6. The van der Waals surface area contributed by atoms with Crippen molar-refractivity contribution in [2.45, 2.75) is 33.2 Å². The molecular weight excluding hydrogens is 304 g/mol. The van der Waals surface area contributed by atoms with Gasteiger partial charge in [0.1, 0.15) is 0 Å². The van der Waals surface area contributed by atoms with Crippen LogP contribution in [0.1, 0.15) is 27.7 Å². The van der Waals surface area contributed by atoms with Crippen molar-refractivity contribution in [1.29, 1.82) is 0 Å². The molecule has 7 heteroatoms. The van der Waals surface area contributed by atoms with Crippen molar-refractivity contribution >= 4 is 29.1 Å². The quantitative estimate of drug-likeness (QED) is 0.666. The van der Waals surface area contributed by atoms with Crippen molar-refractivity contribution in [2.75, 3.05) is 25.0 Å². The SMILES string of the molecule is CC[NH+](CC(=O)Nc1cccnc1Cl)CC(=O)NC(C)(C)C. The summed E-state index contributed by atoms with van der Waals surface area (Å²) in [5.74, 6) is -0.271. The zero-order valence-corrected chi connectivity index (χ0v) is 14.3. The van der Waals surface area contributed by atoms with Gasteiger partial charge in [-0.2, -0.15) is 0 Å². The number of carbonyl (C=O) groups is 2. The second-order valence-electron chi connectivity index (χ2n) is 6.15. The molecule has 2 amide bonds. The molecule has 0 radical (unpaired) electrons. The second-order valence-corrected chi connectivity index (χ2v) is 6.50. The highest BCUT2D eigenvalue weighted by atomic mass is 35.5. The number of likely N-dealkylation sites (N-methyl/N-ethyl adjacent to an activating group) is 1. The van der Waals surface area contributed by atoms with Gasteiger partial charge in [-0.3, -0.25) is 9.59 Å². The van der Waals surface area contributed by atoms with Gasteiger partial charge in [0.25, 0.3) is 11.8 Å². The van der Waals surface area contributed by atoms with Gasteiger partial charge in [0, 0.05) is 11.7 Å². The number of hydrogen-bond donors (Lipinski definition) is 3. The van der Waals surface area contributed by atoms with E-state index in [1.165, 1.54) is 0 Å². The van der Waals surface area contributed by atoms with Crippen LogP contribution in [0.5, 0.6) is 0 Å². The Morgan fingerprint density at radius 1 is 1.27 bits per heavy atom. The zero-order chi connectivity index (χ0) is 16.8. The Hall–Kier alpha value is -1.66. The van der Waals surface area contributed by atoms with Crippen LogP contribution in [0, 0.1) is 0 Å². The lowest BCUT2D eigenvalue weighted by atomic mass is 10.1. The van der Waals surface area contributed by atoms with Gasteiger partial charge < -0.3 is 15.5 Å². The number of nitrogens with zero attached hydrogens (tertiary/aromatic N) is 1. The van der Waals surface area contributed by atoms with Crippen LogP contribution < -0.4 is 15.5 Å². The highest BCUT2D eigenvalue weighted by molar-refractivity contribution is 6.32. The van der Waals surface area contributed by atoms with Crippen LogP contribution in [0.3, 0.4) is 0 Å². The smallest absolute Gasteiger partial charge is 0.279 e. The average molecular weight is 328 g/mol. The van der Waals surface area contributed by atoms with Crippen molar-refractivity contribution in [2.24, 2.45) is 0 Å². The monoisotopic (exact) mass is 327 g/mol. The molecule has 1 rings (SSSR count). The van der Waals surface area contributed by atoms with Crippen LogP contribution >= 0.6 is 11.6 Å². The van der Waals surface area contributed by atoms with E-state index in [9.17, 15) is 9.59 Å². The largest absolute Gasteiger partial charge is 0.347 e. The number of quaternary nitrogens is 1. The number of amides is 2. The summed E-state index contributed by atoms with van der Waals surface area (Å²) < 4.78 is 0. The van der Waals surface area contributed by atoms with Crippen molar-refractivity contribution in [3.63, 3.8) is 0 Å². The van der Waals surface area contributed by atoms with Gasteiger partial charge in [-0.1, -0.05) is 11.6 Å². The van der Waals surface area contributed by atoms with E-state index in [4.69, 9.17) is 11.6 Å². The van der Waals surface area contributed by atoms with Crippen molar-refractivity contribution < 1.29 is 14.5 Å². The zero-order valence-electron chi connectivity index (χ0n) is 13.5. The maximum Gasteiger partial charge on any atom is 0.279 e. The van der Waals surface area contributed by atoms with E-state index in [1.807, 2.05) is 27.7 Å². The molecule has 6 nitrogen and oxygen atoms in total. The first-order valence-corrected chi connectivity index (χ1v) is 7.64. The molecule has 0 saturated heterocycles. The third kappa shape index (κ3) is 6.87. The molecular formula is C15H24ClN4O2+. The molecule has 1 atom stereocenters. The summed E-state index contributed by atoms with van der Waals surface area (Å²) in [6.45, 7) is 8.83. The summed E-state index contributed by atoms with van der Waals surface area (Å²) in [6.07, 6.45) is 1.55. The first-order chi connectivity index (χ1) is 10.2. The molecule has 0 fully saturated rings. The van der Waals surface area contributed by atoms with Crippen LogP contribution in [-0.4, -0.2) is 42.0 Å². The van der Waals surface area contributed by atoms with E-state index in [0.717, 1.165) is 4.90 Å². The van der Waals surface area contributed by atoms with Gasteiger partial charge in [-0.15, -0.1) is 0 Å². The molecule has 1 aromatic heterocycles. The van der Waals surface area contributed by atoms with E-state index in [1.54, 1.807) is 18.3 Å². The molecule has 0 aliphatic carbocycles. The Morgan fingerprint density at radius 3 is 2.45 bits per heavy atom. The Balaban J connectivity index is 2.53. The topological polar surface area (TPSA) is 75.5 Å². The van der Waals surface area contributed by atoms with Crippen molar-refractivity contribution in [1.82, 2.24) is 10.3 Å². The van der Waals surface area contributed by atoms with Crippen LogP contribution in [0.25, 0.3) is 0 Å². The summed E-state index contributed by atoms with van der Waals surface area (Å²) in [5, 5.41) is 5.85. The molecule has 1 unspecified atom stereocenters. The summed E-state index contributed by atoms with van der Waals surface area (Å²) in [6, 6.07) is 3.38. The fourth-order valence-electron chi connectivity index (χ4n) is 1.90. The number of anilines is 1. The predicted octanol–water partition coefficient (Wildman–Crippen LogP) is 0.493. The number of aromatic nitrogens is 1. The molecule has 0 bridgehead atoms. The number of pyridine rings is 1. The number of nitrogens with one attached hydrogen (secondary N) is 3. The fraction of sp³-hybridized carbons (Fsp3) is 0.533. The molecule has 1 aromatic rings. The Kier molecular flexibility index (Phi) is 6.77. The highest BCUT2D eigenvalue weighted by Crippen LogP contribution is 2.16. The minimum atomic E-state index is -0.276. The maximum absolute atomic E-state index is 12.1. The van der Waals surface area contributed by atoms with Gasteiger partial charge in [-0.25, -0.2) is 4.98 Å². The molecule has 0 aliphatic rings. The second kappa shape index (κ2) is 8.10. The first-order valence-electron chi connectivity index (χ1n) is 7.26. The van der Waals surface area contributed by atoms with Gasteiger partial charge in [0.2, 0.25) is 0 Å². The van der Waals surface area contributed by atoms with E-state index < -0.39 is 0 Å². The molecule has 0 spiro atoms. The molecule has 3 N–H and O–H groups in total. The summed E-state index contributed by atoms with van der Waals surface area (Å²) >= 11 is 5.90. The third-order valence-electron chi connectivity index (χ3n) is 2.87. The normalized spacial score (nSPS) is 12.6. The number of halogens is 1. The van der Waals surface area contributed by atoms with Crippen LogP contribution in [0.15, 0.2) is 18.3 Å². The van der Waals surface area contributed by atoms with Crippen LogP contribution in [-0.2, 0) is 9.59 Å². The Labute approximate surface area is 136 Å². The van der Waals surface area contributed by atoms with Crippen molar-refractivity contribution in [3.05, 3.63) is 23.5 Å². The van der Waals surface area contributed by atoms with Gasteiger partial charge in [0.05, 0.1) is 12.2 Å². The van der Waals surface area contributed by atoms with E-state index in [0.29, 0.717) is 12.2 Å². The molecule has 0 aliphatic heterocycles. The standard InChI is InChI=1S/C15H23ClN4O2/c1-5-20(10-13(22)19-15(2,3)4)9-12(21)18-11-7-6-8-17-14(11)16/h6-8H,5,9-10H2,1-4H3,(H,18,21)(H,19,22)/p+1. The van der Waals surface area contributed by atoms with Gasteiger partial charge in [0.15, 0.2) is 18.2 Å². The Morgan fingerprint density at radius 2 is 1.91 bits per heavy atom. The number of hydrogen-bond acceptors (Lipinski definition) is 3. The van der Waals surface area contributed by atoms with E-state index in [2.05, 4.69) is 15.6 Å². The predicted molar refractivity (Wildman–Crippen MR) is 87.0 cm³/mol. The maximum atomic E-state index is 12.1. The highest BCUT2D eigenvalue weighted by Gasteiger charge is 2.20. The molecule has 0 saturated carbocycles. The van der Waals surface area contributed by atoms with Crippen LogP contribution in [0.2, 0.25) is 5.15 Å². The third-order valence-corrected chi connectivity index (χ3v) is 3.17. The lowest BCUT2D eigenvalue weighted by Gasteiger charge is -2.23. The lowest BCUT2D eigenvalue weighted by Crippen LogP contribution is -3.14. The summed E-state index contributed by atoms with van der Waals surface area (Å²) in [5.41, 5.74) is 0.199. The summed E-state index contributed by atoms with van der Waals surface area (Å²) in [7, 11) is 0. The van der Waals surface area contributed by atoms with Gasteiger partial charge in [-0.05, 0) is 39.8 Å². The fourth-order valence-corrected chi connectivity index (χ4v) is 2.07. The first kappa shape index (κ1) is 18.4. The minimum Gasteiger partial charge on any atom is -0.347 e. The Bertz CT molecular complexity index is 529. The molecule has 122 valence electrons. The van der Waals surface area contributed by atoms with E-state index in [-0.39, 0.29) is 35.6 Å². The minimum absolute atomic E-state index is 0.0726. The van der Waals surface area contributed by atoms with E-state index >= 15 is 0 Å². The van der Waals surface area contributed by atoms with Crippen molar-refractivity contribution in [3.8, 4) is 0 Å². The van der Waals surface area contributed by atoms with Gasteiger partial charge >= 0.3 is 0 Å². The average Bonchev–Trinajstić information content (AvgIpc) is 2.38. The lowest BCUT2D eigenvalue weighted by molar-refractivity contribution is -0.881. The molecule has 22 heavy (non-hydrogen) atoms. The number of carbonyl (C=O) groups excluding carboxylic acids is 2. The molecule has 1 heterocycles. The van der Waals surface area contributed by atoms with Crippen LogP contribution in [0.4, 0.5) is 5.69 Å². The molecule has 0 aromatic carbocycles. The summed E-state index contributed by atoms with van der Waals surface area (Å²) in [4.78, 5) is 28.8.